The van der Waals surface area contributed by atoms with Crippen LogP contribution in [0.4, 0.5) is 0 Å². The minimum Gasteiger partial charge on any atom is -0.493 e. The molecule has 3 aromatic rings. The molecule has 2 heterocycles. The highest BCUT2D eigenvalue weighted by Crippen LogP contribution is 2.33. The topological polar surface area (TPSA) is 76.0 Å². The first-order valence-corrected chi connectivity index (χ1v) is 6.55. The number of aromatic nitrogens is 4. The Morgan fingerprint density at radius 1 is 1.24 bits per heavy atom. The van der Waals surface area contributed by atoms with Gasteiger partial charge in [0, 0.05) is 12.6 Å². The Balaban J connectivity index is 2.06. The lowest BCUT2D eigenvalue weighted by atomic mass is 10.0. The molecule has 0 fully saturated rings. The number of nitrogens with one attached hydrogen (secondary N) is 1. The van der Waals surface area contributed by atoms with Crippen LogP contribution in [0.1, 0.15) is 17.4 Å². The van der Waals surface area contributed by atoms with Crippen molar-refractivity contribution in [3.63, 3.8) is 0 Å². The molecule has 1 unspecified atom stereocenters. The highest BCUT2D eigenvalue weighted by atomic mass is 16.5. The average molecular weight is 284 g/mol. The lowest BCUT2D eigenvalue weighted by Crippen LogP contribution is -2.08. The van der Waals surface area contributed by atoms with Crippen LogP contribution in [0.3, 0.4) is 0 Å². The second kappa shape index (κ2) is 5.41. The van der Waals surface area contributed by atoms with Gasteiger partial charge in [-0.1, -0.05) is 30.3 Å². The van der Waals surface area contributed by atoms with Crippen molar-refractivity contribution in [1.29, 1.82) is 0 Å². The molecule has 0 bridgehead atoms. The van der Waals surface area contributed by atoms with Gasteiger partial charge >= 0.3 is 0 Å². The molecule has 108 valence electrons. The van der Waals surface area contributed by atoms with Crippen molar-refractivity contribution in [3.05, 3.63) is 54.0 Å². The van der Waals surface area contributed by atoms with Crippen LogP contribution in [-0.2, 0) is 7.05 Å². The first-order chi connectivity index (χ1) is 10.2. The molecule has 0 saturated heterocycles. The van der Waals surface area contributed by atoms with Gasteiger partial charge in [0.05, 0.1) is 25.2 Å². The summed E-state index contributed by atoms with van der Waals surface area (Å²) in [5, 5.41) is 21.8. The maximum atomic E-state index is 10.7. The number of ether oxygens (including phenoxy) is 1. The molecule has 0 amide bonds. The molecule has 0 saturated carbocycles. The number of methoxy groups -OCH3 is 1. The van der Waals surface area contributed by atoms with E-state index in [4.69, 9.17) is 4.74 Å². The van der Waals surface area contributed by atoms with Crippen LogP contribution in [0.5, 0.6) is 5.75 Å². The van der Waals surface area contributed by atoms with Gasteiger partial charge in [-0.05, 0) is 5.56 Å². The Kier molecular flexibility index (Phi) is 3.45. The number of aliphatic hydroxyl groups is 1. The predicted octanol–water partition coefficient (Wildman–Crippen LogP) is 1.90. The minimum atomic E-state index is -0.874. The quantitative estimate of drug-likeness (QED) is 0.767. The largest absolute Gasteiger partial charge is 0.493 e. The smallest absolute Gasteiger partial charge is 0.162 e. The van der Waals surface area contributed by atoms with Gasteiger partial charge in [-0.15, -0.1) is 0 Å². The Morgan fingerprint density at radius 3 is 2.71 bits per heavy atom. The Morgan fingerprint density at radius 2 is 2.00 bits per heavy atom. The van der Waals surface area contributed by atoms with Gasteiger partial charge in [0.1, 0.15) is 11.8 Å². The van der Waals surface area contributed by atoms with E-state index < -0.39 is 6.10 Å². The Hall–Kier alpha value is -2.60. The first-order valence-electron chi connectivity index (χ1n) is 6.55. The summed E-state index contributed by atoms with van der Waals surface area (Å²) >= 11 is 0. The van der Waals surface area contributed by atoms with Crippen LogP contribution in [0, 0.1) is 0 Å². The fraction of sp³-hybridized carbons (Fsp3) is 0.200. The molecule has 0 spiro atoms. The van der Waals surface area contributed by atoms with Gasteiger partial charge in [-0.3, -0.25) is 9.78 Å². The molecule has 2 N–H and O–H groups in total. The number of hydrogen-bond acceptors (Lipinski definition) is 4. The SMILES string of the molecule is COc1cnn(C)c1C(O)c1cn[nH]c1-c1ccccc1. The fourth-order valence-electron chi connectivity index (χ4n) is 2.38. The monoisotopic (exact) mass is 284 g/mol. The van der Waals surface area contributed by atoms with E-state index in [0.29, 0.717) is 17.0 Å². The number of nitrogens with zero attached hydrogens (tertiary/aromatic N) is 3. The van der Waals surface area contributed by atoms with Crippen molar-refractivity contribution in [2.45, 2.75) is 6.10 Å². The van der Waals surface area contributed by atoms with Gasteiger partial charge in [-0.2, -0.15) is 10.2 Å². The minimum absolute atomic E-state index is 0.546. The summed E-state index contributed by atoms with van der Waals surface area (Å²) in [6, 6.07) is 9.75. The van der Waals surface area contributed by atoms with Crippen molar-refractivity contribution >= 4 is 0 Å². The van der Waals surface area contributed by atoms with Crippen LogP contribution in [0.2, 0.25) is 0 Å². The molecular weight excluding hydrogens is 268 g/mol. The summed E-state index contributed by atoms with van der Waals surface area (Å²) in [7, 11) is 3.32. The highest BCUT2D eigenvalue weighted by molar-refractivity contribution is 5.63. The third kappa shape index (κ3) is 2.30. The molecule has 1 atom stereocenters. The zero-order valence-corrected chi connectivity index (χ0v) is 11.8. The number of rotatable bonds is 4. The van der Waals surface area contributed by atoms with Gasteiger partial charge < -0.3 is 9.84 Å². The zero-order valence-electron chi connectivity index (χ0n) is 11.8. The van der Waals surface area contributed by atoms with Crippen LogP contribution in [0.15, 0.2) is 42.7 Å². The molecule has 2 aromatic heterocycles. The van der Waals surface area contributed by atoms with E-state index in [1.165, 1.54) is 0 Å². The summed E-state index contributed by atoms with van der Waals surface area (Å²) in [5.41, 5.74) is 3.02. The van der Waals surface area contributed by atoms with Gasteiger partial charge in [0.2, 0.25) is 0 Å². The highest BCUT2D eigenvalue weighted by Gasteiger charge is 2.24. The predicted molar refractivity (Wildman–Crippen MR) is 77.8 cm³/mol. The Bertz CT molecular complexity index is 733. The lowest BCUT2D eigenvalue weighted by Gasteiger charge is -2.13. The van der Waals surface area contributed by atoms with Crippen molar-refractivity contribution < 1.29 is 9.84 Å². The molecule has 6 heteroatoms. The third-order valence-corrected chi connectivity index (χ3v) is 3.45. The summed E-state index contributed by atoms with van der Waals surface area (Å²) < 4.78 is 6.86. The van der Waals surface area contributed by atoms with Crippen molar-refractivity contribution in [3.8, 4) is 17.0 Å². The Labute approximate surface area is 122 Å². The summed E-state index contributed by atoms with van der Waals surface area (Å²) in [4.78, 5) is 0. The standard InChI is InChI=1S/C15H16N4O2/c1-19-14(12(21-2)9-17-19)15(20)11-8-16-18-13(11)10-6-4-3-5-7-10/h3-9,15,20H,1-2H3,(H,16,18). The van der Waals surface area contributed by atoms with Crippen molar-refractivity contribution in [2.24, 2.45) is 7.05 Å². The van der Waals surface area contributed by atoms with E-state index in [1.807, 2.05) is 30.3 Å². The third-order valence-electron chi connectivity index (χ3n) is 3.45. The number of H-pyrrole nitrogens is 1. The van der Waals surface area contributed by atoms with E-state index >= 15 is 0 Å². The molecular formula is C15H16N4O2. The molecule has 6 nitrogen and oxygen atoms in total. The second-order valence-electron chi connectivity index (χ2n) is 4.69. The van der Waals surface area contributed by atoms with Gasteiger partial charge in [0.25, 0.3) is 0 Å². The first kappa shape index (κ1) is 13.4. The normalized spacial score (nSPS) is 12.3. The van der Waals surface area contributed by atoms with Crippen molar-refractivity contribution in [1.82, 2.24) is 20.0 Å². The lowest BCUT2D eigenvalue weighted by molar-refractivity contribution is 0.205. The van der Waals surface area contributed by atoms with Gasteiger partial charge in [0.15, 0.2) is 5.75 Å². The van der Waals surface area contributed by atoms with E-state index in [1.54, 1.807) is 31.2 Å². The number of aliphatic hydroxyl groups excluding tert-OH is 1. The summed E-state index contributed by atoms with van der Waals surface area (Å²) in [6.45, 7) is 0. The zero-order chi connectivity index (χ0) is 14.8. The van der Waals surface area contributed by atoms with Crippen LogP contribution in [0.25, 0.3) is 11.3 Å². The number of hydrogen-bond donors (Lipinski definition) is 2. The second-order valence-corrected chi connectivity index (χ2v) is 4.69. The van der Waals surface area contributed by atoms with Crippen LogP contribution in [-0.4, -0.2) is 32.2 Å². The number of aryl methyl sites for hydroxylation is 1. The summed E-state index contributed by atoms with van der Waals surface area (Å²) in [5.74, 6) is 0.546. The van der Waals surface area contributed by atoms with E-state index in [0.717, 1.165) is 11.3 Å². The molecule has 0 aliphatic carbocycles. The van der Waals surface area contributed by atoms with E-state index in [2.05, 4.69) is 15.3 Å². The molecule has 3 rings (SSSR count). The maximum absolute atomic E-state index is 10.7. The fourth-order valence-corrected chi connectivity index (χ4v) is 2.38. The number of benzene rings is 1. The molecule has 0 aliphatic heterocycles. The van der Waals surface area contributed by atoms with Crippen molar-refractivity contribution in [2.75, 3.05) is 7.11 Å². The van der Waals surface area contributed by atoms with Crippen LogP contribution >= 0.6 is 0 Å². The molecule has 21 heavy (non-hydrogen) atoms. The van der Waals surface area contributed by atoms with E-state index in [9.17, 15) is 5.11 Å². The van der Waals surface area contributed by atoms with E-state index in [-0.39, 0.29) is 0 Å². The van der Waals surface area contributed by atoms with Gasteiger partial charge in [-0.25, -0.2) is 0 Å². The van der Waals surface area contributed by atoms with Crippen LogP contribution < -0.4 is 4.74 Å². The maximum Gasteiger partial charge on any atom is 0.162 e. The number of aromatic amines is 1. The molecule has 1 aromatic carbocycles. The molecule has 0 radical (unpaired) electrons. The summed E-state index contributed by atoms with van der Waals surface area (Å²) in [6.07, 6.45) is 2.33. The molecule has 0 aliphatic rings. The average Bonchev–Trinajstić information content (AvgIpc) is 3.14.